The van der Waals surface area contributed by atoms with Gasteiger partial charge in [0, 0.05) is 25.1 Å². The molecule has 0 bridgehead atoms. The highest BCUT2D eigenvalue weighted by atomic mass is 16.5. The van der Waals surface area contributed by atoms with Crippen molar-refractivity contribution < 1.29 is 19.1 Å². The molecule has 0 aliphatic rings. The van der Waals surface area contributed by atoms with Crippen LogP contribution in [0.4, 0.5) is 0 Å². The van der Waals surface area contributed by atoms with Crippen LogP contribution in [0.1, 0.15) is 27.9 Å². The highest BCUT2D eigenvalue weighted by molar-refractivity contribution is 5.94. The van der Waals surface area contributed by atoms with Gasteiger partial charge in [0.15, 0.2) is 11.5 Å². The third-order valence-electron chi connectivity index (χ3n) is 4.26. The molecule has 0 atom stereocenters. The first-order valence-electron chi connectivity index (χ1n) is 8.86. The molecule has 6 nitrogen and oxygen atoms in total. The molecule has 0 fully saturated rings. The van der Waals surface area contributed by atoms with Gasteiger partial charge >= 0.3 is 0 Å². The molecule has 0 saturated heterocycles. The highest BCUT2D eigenvalue weighted by Gasteiger charge is 2.10. The first-order valence-corrected chi connectivity index (χ1v) is 8.86. The topological polar surface area (TPSA) is 76.7 Å². The van der Waals surface area contributed by atoms with Gasteiger partial charge in [0.05, 0.1) is 14.2 Å². The minimum Gasteiger partial charge on any atom is -0.493 e. The lowest BCUT2D eigenvalue weighted by Crippen LogP contribution is -2.34. The van der Waals surface area contributed by atoms with Crippen LogP contribution in [0.25, 0.3) is 0 Å². The molecule has 2 rings (SSSR count). The van der Waals surface area contributed by atoms with Gasteiger partial charge in [-0.2, -0.15) is 0 Å². The van der Waals surface area contributed by atoms with Crippen molar-refractivity contribution in [3.63, 3.8) is 0 Å². The van der Waals surface area contributed by atoms with E-state index in [1.165, 1.54) is 18.2 Å². The molecule has 0 aliphatic heterocycles. The van der Waals surface area contributed by atoms with Gasteiger partial charge in [-0.15, -0.1) is 0 Å². The second-order valence-electron chi connectivity index (χ2n) is 6.10. The predicted molar refractivity (Wildman–Crippen MR) is 104 cm³/mol. The first kappa shape index (κ1) is 20.3. The number of benzene rings is 2. The van der Waals surface area contributed by atoms with Crippen LogP contribution in [0.15, 0.2) is 42.5 Å². The van der Waals surface area contributed by atoms with Gasteiger partial charge in [-0.3, -0.25) is 9.59 Å². The molecule has 6 heteroatoms. The average molecular weight is 370 g/mol. The van der Waals surface area contributed by atoms with E-state index >= 15 is 0 Å². The van der Waals surface area contributed by atoms with E-state index in [9.17, 15) is 9.59 Å². The summed E-state index contributed by atoms with van der Waals surface area (Å²) in [7, 11) is 3.06. The smallest absolute Gasteiger partial charge is 0.251 e. The van der Waals surface area contributed by atoms with Crippen molar-refractivity contribution >= 4 is 11.8 Å². The van der Waals surface area contributed by atoms with Gasteiger partial charge in [0.25, 0.3) is 5.91 Å². The fourth-order valence-electron chi connectivity index (χ4n) is 2.68. The molecule has 0 heterocycles. The number of nitrogens with one attached hydrogen (secondary N) is 2. The molecule has 2 amide bonds. The van der Waals surface area contributed by atoms with Crippen LogP contribution in [-0.2, 0) is 11.2 Å². The summed E-state index contributed by atoms with van der Waals surface area (Å²) in [6.45, 7) is 2.77. The largest absolute Gasteiger partial charge is 0.493 e. The minimum atomic E-state index is -0.231. The zero-order valence-electron chi connectivity index (χ0n) is 16.0. The van der Waals surface area contributed by atoms with Crippen LogP contribution in [0, 0.1) is 6.92 Å². The molecule has 2 aromatic rings. The summed E-state index contributed by atoms with van der Waals surface area (Å²) in [6.07, 6.45) is 1.13. The van der Waals surface area contributed by atoms with Crippen LogP contribution in [0.3, 0.4) is 0 Å². The van der Waals surface area contributed by atoms with Gasteiger partial charge in [-0.05, 0) is 42.7 Å². The van der Waals surface area contributed by atoms with Crippen LogP contribution in [0.2, 0.25) is 0 Å². The fraction of sp³-hybridized carbons (Fsp3) is 0.333. The fourth-order valence-corrected chi connectivity index (χ4v) is 2.68. The SMILES string of the molecule is COc1ccc(C(=O)NCCNC(=O)CCc2ccccc2C)cc1OC. The number of aryl methyl sites for hydroxylation is 2. The molecule has 2 aromatic carbocycles. The predicted octanol–water partition coefficient (Wildman–Crippen LogP) is 2.49. The Morgan fingerprint density at radius 1 is 0.926 bits per heavy atom. The summed E-state index contributed by atoms with van der Waals surface area (Å²) >= 11 is 0. The second-order valence-corrected chi connectivity index (χ2v) is 6.10. The van der Waals surface area contributed by atoms with E-state index in [1.807, 2.05) is 31.2 Å². The second kappa shape index (κ2) is 10.2. The molecule has 27 heavy (non-hydrogen) atoms. The Morgan fingerprint density at radius 2 is 1.63 bits per heavy atom. The summed E-state index contributed by atoms with van der Waals surface area (Å²) in [4.78, 5) is 24.1. The Labute approximate surface area is 159 Å². The normalized spacial score (nSPS) is 10.2. The zero-order valence-corrected chi connectivity index (χ0v) is 16.0. The molecule has 0 saturated carbocycles. The van der Waals surface area contributed by atoms with Gasteiger partial charge in [-0.1, -0.05) is 24.3 Å². The molecular formula is C21H26N2O4. The van der Waals surface area contributed by atoms with Crippen molar-refractivity contribution in [2.75, 3.05) is 27.3 Å². The molecule has 2 N–H and O–H groups in total. The van der Waals surface area contributed by atoms with Crippen molar-refractivity contribution in [3.05, 3.63) is 59.2 Å². The summed E-state index contributed by atoms with van der Waals surface area (Å²) in [5.74, 6) is 0.799. The molecule has 0 aliphatic carbocycles. The van der Waals surface area contributed by atoms with Crippen LogP contribution >= 0.6 is 0 Å². The quantitative estimate of drug-likeness (QED) is 0.665. The summed E-state index contributed by atoms with van der Waals surface area (Å²) < 4.78 is 10.3. The lowest BCUT2D eigenvalue weighted by molar-refractivity contribution is -0.121. The van der Waals surface area contributed by atoms with Gasteiger partial charge in [-0.25, -0.2) is 0 Å². The van der Waals surface area contributed by atoms with E-state index in [1.54, 1.807) is 25.3 Å². The van der Waals surface area contributed by atoms with Gasteiger partial charge < -0.3 is 20.1 Å². The van der Waals surface area contributed by atoms with Gasteiger partial charge in [0.1, 0.15) is 0 Å². The Morgan fingerprint density at radius 3 is 2.33 bits per heavy atom. The molecule has 0 spiro atoms. The monoisotopic (exact) mass is 370 g/mol. The summed E-state index contributed by atoms with van der Waals surface area (Å²) in [6, 6.07) is 13.0. The lowest BCUT2D eigenvalue weighted by atomic mass is 10.0. The number of hydrogen-bond donors (Lipinski definition) is 2. The average Bonchev–Trinajstić information content (AvgIpc) is 2.69. The molecule has 144 valence electrons. The maximum Gasteiger partial charge on any atom is 0.251 e. The van der Waals surface area contributed by atoms with E-state index in [-0.39, 0.29) is 11.8 Å². The van der Waals surface area contributed by atoms with Crippen LogP contribution < -0.4 is 20.1 Å². The Kier molecular flexibility index (Phi) is 7.67. The summed E-state index contributed by atoms with van der Waals surface area (Å²) in [5, 5.41) is 5.60. The van der Waals surface area contributed by atoms with Crippen LogP contribution in [-0.4, -0.2) is 39.1 Å². The van der Waals surface area contributed by atoms with E-state index in [2.05, 4.69) is 10.6 Å². The number of hydrogen-bond acceptors (Lipinski definition) is 4. The lowest BCUT2D eigenvalue weighted by Gasteiger charge is -2.10. The number of rotatable bonds is 9. The number of carbonyl (C=O) groups excluding carboxylic acids is 2. The van der Waals surface area contributed by atoms with Crippen molar-refractivity contribution in [2.24, 2.45) is 0 Å². The Balaban J connectivity index is 1.72. The zero-order chi connectivity index (χ0) is 19.6. The Hall–Kier alpha value is -3.02. The van der Waals surface area contributed by atoms with Crippen molar-refractivity contribution in [2.45, 2.75) is 19.8 Å². The number of methoxy groups -OCH3 is 2. The standard InChI is InChI=1S/C21H26N2O4/c1-15-6-4-5-7-16(15)9-11-20(24)22-12-13-23-21(25)17-8-10-18(26-2)19(14-17)27-3/h4-8,10,14H,9,11-13H2,1-3H3,(H,22,24)(H,23,25). The number of amides is 2. The molecule has 0 radical (unpaired) electrons. The van der Waals surface area contributed by atoms with Crippen LogP contribution in [0.5, 0.6) is 11.5 Å². The third-order valence-corrected chi connectivity index (χ3v) is 4.26. The van der Waals surface area contributed by atoms with E-state index in [0.717, 1.165) is 0 Å². The Bertz CT molecular complexity index is 790. The first-order chi connectivity index (χ1) is 13.0. The van der Waals surface area contributed by atoms with Crippen molar-refractivity contribution in [1.82, 2.24) is 10.6 Å². The maximum atomic E-state index is 12.2. The highest BCUT2D eigenvalue weighted by Crippen LogP contribution is 2.27. The maximum absolute atomic E-state index is 12.2. The number of carbonyl (C=O) groups is 2. The van der Waals surface area contributed by atoms with E-state index < -0.39 is 0 Å². The summed E-state index contributed by atoms with van der Waals surface area (Å²) in [5.41, 5.74) is 2.83. The molecular weight excluding hydrogens is 344 g/mol. The molecule has 0 aromatic heterocycles. The van der Waals surface area contributed by atoms with E-state index in [0.29, 0.717) is 43.0 Å². The number of ether oxygens (including phenoxy) is 2. The van der Waals surface area contributed by atoms with Gasteiger partial charge in [0.2, 0.25) is 5.91 Å². The molecule has 0 unspecified atom stereocenters. The van der Waals surface area contributed by atoms with E-state index in [4.69, 9.17) is 9.47 Å². The minimum absolute atomic E-state index is 0.0291. The third kappa shape index (κ3) is 6.02. The van der Waals surface area contributed by atoms with Crippen molar-refractivity contribution in [3.8, 4) is 11.5 Å². The van der Waals surface area contributed by atoms with Crippen molar-refractivity contribution in [1.29, 1.82) is 0 Å².